The molecule has 0 bridgehead atoms. The van der Waals surface area contributed by atoms with E-state index in [1.54, 1.807) is 12.1 Å². The number of nitrogens with one attached hydrogen (secondary N) is 2. The summed E-state index contributed by atoms with van der Waals surface area (Å²) in [5.74, 6) is 0.316. The van der Waals surface area contributed by atoms with Crippen LogP contribution in [0.15, 0.2) is 60.8 Å². The Balaban J connectivity index is 1.21. The van der Waals surface area contributed by atoms with E-state index >= 15 is 0 Å². The highest BCUT2D eigenvalue weighted by molar-refractivity contribution is 5.89. The number of H-pyrrole nitrogens is 2. The number of hydrogen-bond acceptors (Lipinski definition) is 3. The van der Waals surface area contributed by atoms with Crippen molar-refractivity contribution >= 4 is 16.8 Å². The number of halogens is 1. The van der Waals surface area contributed by atoms with Gasteiger partial charge in [-0.25, -0.2) is 4.39 Å². The number of nitrogens with zero attached hydrogens (tertiary/aromatic N) is 2. The average Bonchev–Trinajstić information content (AvgIpc) is 3.54. The molecule has 3 heterocycles. The summed E-state index contributed by atoms with van der Waals surface area (Å²) in [5, 5.41) is 8.63. The van der Waals surface area contributed by atoms with Gasteiger partial charge in [0.1, 0.15) is 11.6 Å². The minimum absolute atomic E-state index is 0.0122. The zero-order valence-corrected chi connectivity index (χ0v) is 17.7. The molecule has 2 aromatic carbocycles. The third-order valence-corrected chi connectivity index (χ3v) is 6.02. The van der Waals surface area contributed by atoms with Crippen LogP contribution in [-0.2, 0) is 17.6 Å². The molecule has 0 saturated carbocycles. The van der Waals surface area contributed by atoms with Crippen molar-refractivity contribution in [3.63, 3.8) is 0 Å². The first-order valence-electron chi connectivity index (χ1n) is 10.9. The third kappa shape index (κ3) is 4.23. The maximum absolute atomic E-state index is 13.3. The van der Waals surface area contributed by atoms with Crippen LogP contribution in [0, 0.1) is 5.82 Å². The van der Waals surface area contributed by atoms with Crippen molar-refractivity contribution in [2.75, 3.05) is 13.2 Å². The summed E-state index contributed by atoms with van der Waals surface area (Å²) in [6.45, 7) is 1.16. The Morgan fingerprint density at radius 2 is 2.09 bits per heavy atom. The van der Waals surface area contributed by atoms with Crippen LogP contribution in [0.4, 0.5) is 4.39 Å². The zero-order chi connectivity index (χ0) is 21.9. The molecule has 0 radical (unpaired) electrons. The molecule has 1 saturated heterocycles. The number of benzene rings is 2. The summed E-state index contributed by atoms with van der Waals surface area (Å²) in [4.78, 5) is 18.3. The van der Waals surface area contributed by atoms with Crippen LogP contribution in [-0.4, -0.2) is 39.1 Å². The summed E-state index contributed by atoms with van der Waals surface area (Å²) in [6.07, 6.45) is 4.80. The lowest BCUT2D eigenvalue weighted by atomic mass is 10.1. The van der Waals surface area contributed by atoms with Gasteiger partial charge in [-0.3, -0.25) is 9.89 Å². The van der Waals surface area contributed by atoms with Crippen LogP contribution in [0.5, 0.6) is 5.75 Å². The predicted molar refractivity (Wildman–Crippen MR) is 120 cm³/mol. The average molecular weight is 432 g/mol. The summed E-state index contributed by atoms with van der Waals surface area (Å²) >= 11 is 0. The van der Waals surface area contributed by atoms with Gasteiger partial charge < -0.3 is 14.6 Å². The van der Waals surface area contributed by atoms with Crippen molar-refractivity contribution in [3.05, 3.63) is 83.6 Å². The first-order chi connectivity index (χ1) is 15.7. The summed E-state index contributed by atoms with van der Waals surface area (Å²) in [5.41, 5.74) is 3.89. The van der Waals surface area contributed by atoms with Gasteiger partial charge in [-0.1, -0.05) is 24.3 Å². The van der Waals surface area contributed by atoms with Crippen molar-refractivity contribution in [1.29, 1.82) is 0 Å². The minimum Gasteiger partial charge on any atom is -0.493 e. The van der Waals surface area contributed by atoms with Crippen LogP contribution in [0.1, 0.15) is 35.8 Å². The maximum Gasteiger partial charge on any atom is 0.227 e. The van der Waals surface area contributed by atoms with E-state index in [2.05, 4.69) is 15.2 Å². The van der Waals surface area contributed by atoms with Crippen molar-refractivity contribution in [1.82, 2.24) is 20.1 Å². The molecule has 32 heavy (non-hydrogen) atoms. The first kappa shape index (κ1) is 20.3. The van der Waals surface area contributed by atoms with E-state index in [9.17, 15) is 9.18 Å². The minimum atomic E-state index is -0.315. The number of rotatable bonds is 7. The second-order valence-electron chi connectivity index (χ2n) is 8.16. The van der Waals surface area contributed by atoms with Crippen LogP contribution in [0.3, 0.4) is 0 Å². The number of amides is 1. The molecule has 2 N–H and O–H groups in total. The summed E-state index contributed by atoms with van der Waals surface area (Å²) in [6, 6.07) is 16.2. The lowest BCUT2D eigenvalue weighted by Gasteiger charge is -2.23. The number of para-hydroxylation sites is 1. The lowest BCUT2D eigenvalue weighted by molar-refractivity contribution is -0.131. The number of fused-ring (bicyclic) bond motifs is 1. The van der Waals surface area contributed by atoms with E-state index in [0.717, 1.165) is 47.2 Å². The Hall–Kier alpha value is -3.61. The third-order valence-electron chi connectivity index (χ3n) is 6.02. The summed E-state index contributed by atoms with van der Waals surface area (Å²) < 4.78 is 18.9. The molecule has 2 aromatic heterocycles. The van der Waals surface area contributed by atoms with Crippen molar-refractivity contribution < 1.29 is 13.9 Å². The Morgan fingerprint density at radius 1 is 1.19 bits per heavy atom. The number of likely N-dealkylation sites (tertiary alicyclic amines) is 1. The number of ether oxygens (including phenoxy) is 1. The molecule has 1 unspecified atom stereocenters. The molecule has 5 rings (SSSR count). The molecule has 1 aliphatic rings. The highest BCUT2D eigenvalue weighted by atomic mass is 19.1. The van der Waals surface area contributed by atoms with Gasteiger partial charge >= 0.3 is 0 Å². The van der Waals surface area contributed by atoms with E-state index < -0.39 is 0 Å². The van der Waals surface area contributed by atoms with Gasteiger partial charge in [0.25, 0.3) is 0 Å². The topological polar surface area (TPSA) is 74.0 Å². The second kappa shape index (κ2) is 8.86. The molecule has 0 spiro atoms. The predicted octanol–water partition coefficient (Wildman–Crippen LogP) is 4.56. The Kier molecular flexibility index (Phi) is 5.62. The number of carbonyl (C=O) groups is 1. The highest BCUT2D eigenvalue weighted by Gasteiger charge is 2.31. The van der Waals surface area contributed by atoms with Crippen LogP contribution in [0.25, 0.3) is 10.9 Å². The van der Waals surface area contributed by atoms with Gasteiger partial charge in [-0.2, -0.15) is 5.10 Å². The largest absolute Gasteiger partial charge is 0.493 e. The van der Waals surface area contributed by atoms with E-state index in [-0.39, 0.29) is 17.8 Å². The lowest BCUT2D eigenvalue weighted by Crippen LogP contribution is -2.32. The summed E-state index contributed by atoms with van der Waals surface area (Å²) in [7, 11) is 0. The molecular formula is C25H25FN4O2. The fourth-order valence-corrected chi connectivity index (χ4v) is 4.43. The molecule has 7 heteroatoms. The second-order valence-corrected chi connectivity index (χ2v) is 8.16. The van der Waals surface area contributed by atoms with E-state index in [0.29, 0.717) is 25.2 Å². The Labute approximate surface area is 185 Å². The van der Waals surface area contributed by atoms with Crippen LogP contribution >= 0.6 is 0 Å². The van der Waals surface area contributed by atoms with Crippen LogP contribution in [0.2, 0.25) is 0 Å². The SMILES string of the molecule is O=C(Cc1c[nH]c2ccccc12)N1CCCC1c1cc(CCOc2cccc(F)c2)[nH]n1. The van der Waals surface area contributed by atoms with E-state index in [1.807, 2.05) is 41.4 Å². The number of hydrogen-bond donors (Lipinski definition) is 2. The normalized spacial score (nSPS) is 16.0. The monoisotopic (exact) mass is 432 g/mol. The molecule has 0 aliphatic carbocycles. The Morgan fingerprint density at radius 3 is 3.00 bits per heavy atom. The molecule has 1 atom stereocenters. The van der Waals surface area contributed by atoms with Gasteiger partial charge in [0.15, 0.2) is 0 Å². The van der Waals surface area contributed by atoms with Gasteiger partial charge in [0, 0.05) is 41.8 Å². The molecule has 6 nitrogen and oxygen atoms in total. The van der Waals surface area contributed by atoms with E-state index in [4.69, 9.17) is 4.74 Å². The van der Waals surface area contributed by atoms with Crippen LogP contribution < -0.4 is 4.74 Å². The molecular weight excluding hydrogens is 407 g/mol. The van der Waals surface area contributed by atoms with Gasteiger partial charge in [0.05, 0.1) is 24.8 Å². The van der Waals surface area contributed by atoms with Gasteiger partial charge in [0.2, 0.25) is 5.91 Å². The zero-order valence-electron chi connectivity index (χ0n) is 17.7. The Bertz CT molecular complexity index is 1230. The van der Waals surface area contributed by atoms with Crippen molar-refractivity contribution in [2.45, 2.75) is 31.7 Å². The van der Waals surface area contributed by atoms with Gasteiger partial charge in [-0.15, -0.1) is 0 Å². The van der Waals surface area contributed by atoms with Gasteiger partial charge in [-0.05, 0) is 42.7 Å². The number of carbonyl (C=O) groups excluding carboxylic acids is 1. The number of aromatic amines is 2. The fourth-order valence-electron chi connectivity index (χ4n) is 4.43. The standard InChI is InChI=1S/C25H25FN4O2/c26-18-5-3-6-20(14-18)32-12-10-19-15-23(29-28-19)24-9-4-11-30(24)25(31)13-17-16-27-22-8-2-1-7-21(17)22/h1-3,5-8,14-16,24,27H,4,9-13H2,(H,28,29). The highest BCUT2D eigenvalue weighted by Crippen LogP contribution is 2.32. The molecule has 164 valence electrons. The fraction of sp³-hybridized carbons (Fsp3) is 0.280. The quantitative estimate of drug-likeness (QED) is 0.450. The maximum atomic E-state index is 13.3. The smallest absolute Gasteiger partial charge is 0.227 e. The van der Waals surface area contributed by atoms with E-state index in [1.165, 1.54) is 12.1 Å². The van der Waals surface area contributed by atoms with Crippen molar-refractivity contribution in [2.24, 2.45) is 0 Å². The molecule has 1 fully saturated rings. The molecule has 4 aromatic rings. The van der Waals surface area contributed by atoms with Crippen molar-refractivity contribution in [3.8, 4) is 5.75 Å². The first-order valence-corrected chi connectivity index (χ1v) is 10.9. The molecule has 1 aliphatic heterocycles. The number of aromatic nitrogens is 3. The molecule has 1 amide bonds.